The van der Waals surface area contributed by atoms with Gasteiger partial charge in [0.1, 0.15) is 0 Å². The van der Waals surface area contributed by atoms with Gasteiger partial charge in [0, 0.05) is 6.42 Å². The van der Waals surface area contributed by atoms with E-state index < -0.39 is 6.10 Å². The summed E-state index contributed by atoms with van der Waals surface area (Å²) in [4.78, 5) is 0. The van der Waals surface area contributed by atoms with E-state index in [2.05, 4.69) is 0 Å². The largest absolute Gasteiger partial charge is 0.392 e. The first-order valence-corrected chi connectivity index (χ1v) is 8.60. The molecular formula is C20H34O4. The number of aliphatic hydroxyl groups excluding tert-OH is 4. The molecule has 0 aliphatic rings. The molecule has 0 aromatic heterocycles. The van der Waals surface area contributed by atoms with E-state index in [0.717, 1.165) is 48.0 Å². The van der Waals surface area contributed by atoms with Gasteiger partial charge in [-0.25, -0.2) is 0 Å². The van der Waals surface area contributed by atoms with E-state index in [0.29, 0.717) is 6.42 Å². The SMILES string of the molecule is C/C(=C/CC/C(C)=C/[C@H](O)C/C(=C/CC/C(C)=C\CO)CO)CO. The fraction of sp³-hybridized carbons (Fsp3) is 0.600. The lowest BCUT2D eigenvalue weighted by Gasteiger charge is -2.10. The Morgan fingerprint density at radius 2 is 1.42 bits per heavy atom. The first-order valence-electron chi connectivity index (χ1n) is 8.60. The fourth-order valence-corrected chi connectivity index (χ4v) is 2.32. The molecule has 0 aromatic rings. The summed E-state index contributed by atoms with van der Waals surface area (Å²) >= 11 is 0. The number of allylic oxidation sites excluding steroid dienone is 4. The van der Waals surface area contributed by atoms with Crippen LogP contribution >= 0.6 is 0 Å². The van der Waals surface area contributed by atoms with Crippen LogP contribution in [0.15, 0.2) is 46.6 Å². The number of rotatable bonds is 12. The Morgan fingerprint density at radius 3 is 2.00 bits per heavy atom. The molecular weight excluding hydrogens is 304 g/mol. The first kappa shape index (κ1) is 22.8. The lowest BCUT2D eigenvalue weighted by Crippen LogP contribution is -2.07. The second-order valence-electron chi connectivity index (χ2n) is 6.32. The zero-order valence-corrected chi connectivity index (χ0v) is 15.3. The van der Waals surface area contributed by atoms with Gasteiger partial charge in [-0.2, -0.15) is 0 Å². The standard InChI is InChI=1S/C20H34O4/c1-16(10-11-21)6-5-9-19(15-23)13-20(24)12-17(2)7-4-8-18(3)14-22/h8-10,12,20-24H,4-7,11,13-15H2,1-3H3/b16-10-,17-12+,18-8-,19-9-/t20-/m0/s1. The fourth-order valence-electron chi connectivity index (χ4n) is 2.32. The summed E-state index contributed by atoms with van der Waals surface area (Å²) in [5.74, 6) is 0. The number of hydrogen-bond acceptors (Lipinski definition) is 4. The summed E-state index contributed by atoms with van der Waals surface area (Å²) in [6, 6.07) is 0. The maximum Gasteiger partial charge on any atom is 0.0761 e. The topological polar surface area (TPSA) is 80.9 Å². The van der Waals surface area contributed by atoms with E-state index in [4.69, 9.17) is 10.2 Å². The predicted octanol–water partition coefficient (Wildman–Crippen LogP) is 3.04. The van der Waals surface area contributed by atoms with Gasteiger partial charge >= 0.3 is 0 Å². The number of aliphatic hydroxyl groups is 4. The molecule has 0 amide bonds. The smallest absolute Gasteiger partial charge is 0.0761 e. The zero-order valence-electron chi connectivity index (χ0n) is 15.3. The predicted molar refractivity (Wildman–Crippen MR) is 99.7 cm³/mol. The normalized spacial score (nSPS) is 15.8. The highest BCUT2D eigenvalue weighted by Crippen LogP contribution is 2.14. The molecule has 0 spiro atoms. The Kier molecular flexibility index (Phi) is 13.5. The molecule has 0 saturated heterocycles. The average Bonchev–Trinajstić information content (AvgIpc) is 2.53. The maximum absolute atomic E-state index is 10.1. The summed E-state index contributed by atoms with van der Waals surface area (Å²) in [5, 5.41) is 37.3. The molecule has 0 aliphatic carbocycles. The molecule has 24 heavy (non-hydrogen) atoms. The van der Waals surface area contributed by atoms with Crippen molar-refractivity contribution in [3.05, 3.63) is 46.6 Å². The molecule has 0 heterocycles. The maximum atomic E-state index is 10.1. The van der Waals surface area contributed by atoms with Crippen LogP contribution in [0.2, 0.25) is 0 Å². The van der Waals surface area contributed by atoms with Crippen molar-refractivity contribution in [2.24, 2.45) is 0 Å². The van der Waals surface area contributed by atoms with Crippen molar-refractivity contribution < 1.29 is 20.4 Å². The van der Waals surface area contributed by atoms with Gasteiger partial charge in [-0.3, -0.25) is 0 Å². The van der Waals surface area contributed by atoms with Crippen LogP contribution in [-0.4, -0.2) is 46.4 Å². The minimum atomic E-state index is -0.597. The van der Waals surface area contributed by atoms with Gasteiger partial charge in [0.15, 0.2) is 0 Å². The second-order valence-corrected chi connectivity index (χ2v) is 6.32. The summed E-state index contributed by atoms with van der Waals surface area (Å²) in [6.07, 6.45) is 10.7. The lowest BCUT2D eigenvalue weighted by atomic mass is 10.0. The minimum absolute atomic E-state index is 0.0505. The Hall–Kier alpha value is -1.20. The second kappa shape index (κ2) is 14.2. The summed E-state index contributed by atoms with van der Waals surface area (Å²) in [5.41, 5.74) is 4.01. The van der Waals surface area contributed by atoms with E-state index in [1.54, 1.807) is 6.08 Å². The van der Waals surface area contributed by atoms with E-state index >= 15 is 0 Å². The van der Waals surface area contributed by atoms with Crippen LogP contribution < -0.4 is 0 Å². The third-order valence-corrected chi connectivity index (χ3v) is 3.84. The van der Waals surface area contributed by atoms with Crippen molar-refractivity contribution in [2.45, 2.75) is 59.0 Å². The highest BCUT2D eigenvalue weighted by Gasteiger charge is 2.05. The molecule has 4 N–H and O–H groups in total. The van der Waals surface area contributed by atoms with Crippen LogP contribution in [0.25, 0.3) is 0 Å². The minimum Gasteiger partial charge on any atom is -0.392 e. The Bertz CT molecular complexity index is 458. The van der Waals surface area contributed by atoms with Gasteiger partial charge in [-0.1, -0.05) is 41.0 Å². The quantitative estimate of drug-likeness (QED) is 0.412. The zero-order chi connectivity index (χ0) is 18.4. The van der Waals surface area contributed by atoms with Crippen molar-refractivity contribution in [3.63, 3.8) is 0 Å². The Morgan fingerprint density at radius 1 is 0.792 bits per heavy atom. The molecule has 0 radical (unpaired) electrons. The molecule has 0 bridgehead atoms. The van der Waals surface area contributed by atoms with Crippen LogP contribution in [-0.2, 0) is 0 Å². The Labute approximate surface area is 146 Å². The number of hydrogen-bond donors (Lipinski definition) is 4. The van der Waals surface area contributed by atoms with Crippen molar-refractivity contribution in [3.8, 4) is 0 Å². The molecule has 4 heteroatoms. The molecule has 4 nitrogen and oxygen atoms in total. The highest BCUT2D eigenvalue weighted by atomic mass is 16.3. The van der Waals surface area contributed by atoms with Crippen LogP contribution in [0, 0.1) is 0 Å². The lowest BCUT2D eigenvalue weighted by molar-refractivity contribution is 0.213. The van der Waals surface area contributed by atoms with Crippen LogP contribution in [0.5, 0.6) is 0 Å². The molecule has 0 saturated carbocycles. The summed E-state index contributed by atoms with van der Waals surface area (Å²) in [7, 11) is 0. The molecule has 0 fully saturated rings. The molecule has 0 unspecified atom stereocenters. The van der Waals surface area contributed by atoms with Gasteiger partial charge in [-0.15, -0.1) is 0 Å². The average molecular weight is 338 g/mol. The molecule has 0 aromatic carbocycles. The van der Waals surface area contributed by atoms with Crippen molar-refractivity contribution in [1.29, 1.82) is 0 Å². The van der Waals surface area contributed by atoms with E-state index in [9.17, 15) is 10.2 Å². The van der Waals surface area contributed by atoms with Crippen LogP contribution in [0.1, 0.15) is 52.9 Å². The Balaban J connectivity index is 4.40. The monoisotopic (exact) mass is 338 g/mol. The van der Waals surface area contributed by atoms with E-state index in [1.165, 1.54) is 0 Å². The summed E-state index contributed by atoms with van der Waals surface area (Å²) in [6.45, 7) is 5.93. The van der Waals surface area contributed by atoms with Crippen LogP contribution in [0.3, 0.4) is 0 Å². The molecule has 138 valence electrons. The van der Waals surface area contributed by atoms with Crippen molar-refractivity contribution >= 4 is 0 Å². The molecule has 0 aliphatic heterocycles. The van der Waals surface area contributed by atoms with Gasteiger partial charge < -0.3 is 20.4 Å². The third-order valence-electron chi connectivity index (χ3n) is 3.84. The van der Waals surface area contributed by atoms with Gasteiger partial charge in [0.25, 0.3) is 0 Å². The van der Waals surface area contributed by atoms with Crippen molar-refractivity contribution in [2.75, 3.05) is 19.8 Å². The van der Waals surface area contributed by atoms with E-state index in [1.807, 2.05) is 39.0 Å². The van der Waals surface area contributed by atoms with Gasteiger partial charge in [0.05, 0.1) is 25.9 Å². The van der Waals surface area contributed by atoms with E-state index in [-0.39, 0.29) is 19.8 Å². The third kappa shape index (κ3) is 12.3. The first-order chi connectivity index (χ1) is 11.4. The highest BCUT2D eigenvalue weighted by molar-refractivity contribution is 5.12. The van der Waals surface area contributed by atoms with Gasteiger partial charge in [-0.05, 0) is 52.0 Å². The summed E-state index contributed by atoms with van der Waals surface area (Å²) < 4.78 is 0. The molecule has 1 atom stereocenters. The van der Waals surface area contributed by atoms with Crippen LogP contribution in [0.4, 0.5) is 0 Å². The van der Waals surface area contributed by atoms with Crippen molar-refractivity contribution in [1.82, 2.24) is 0 Å². The van der Waals surface area contributed by atoms with Gasteiger partial charge in [0.2, 0.25) is 0 Å². The molecule has 0 rings (SSSR count).